The van der Waals surface area contributed by atoms with Crippen molar-refractivity contribution in [2.24, 2.45) is 0 Å². The van der Waals surface area contributed by atoms with Crippen molar-refractivity contribution in [3.63, 3.8) is 0 Å². The quantitative estimate of drug-likeness (QED) is 0.550. The highest BCUT2D eigenvalue weighted by Gasteiger charge is 2.18. The maximum Gasteiger partial charge on any atom is 0.237 e. The normalized spacial score (nSPS) is 12.7. The molecular formula is C16H34N2O. The summed E-state index contributed by atoms with van der Waals surface area (Å²) in [4.78, 5) is 14.0. The van der Waals surface area contributed by atoms with Gasteiger partial charge in [0.15, 0.2) is 0 Å². The van der Waals surface area contributed by atoms with E-state index in [0.717, 1.165) is 25.8 Å². The van der Waals surface area contributed by atoms with E-state index in [9.17, 15) is 4.79 Å². The van der Waals surface area contributed by atoms with Crippen LogP contribution >= 0.6 is 0 Å². The van der Waals surface area contributed by atoms with E-state index in [1.807, 2.05) is 19.0 Å². The zero-order chi connectivity index (χ0) is 14.5. The summed E-state index contributed by atoms with van der Waals surface area (Å²) in [6, 6.07) is 0.0366. The number of carbonyl (C=O) groups is 1. The predicted molar refractivity (Wildman–Crippen MR) is 83.4 cm³/mol. The molecule has 1 amide bonds. The Morgan fingerprint density at radius 1 is 0.947 bits per heavy atom. The van der Waals surface area contributed by atoms with Crippen molar-refractivity contribution in [1.29, 1.82) is 0 Å². The summed E-state index contributed by atoms with van der Waals surface area (Å²) < 4.78 is 0. The van der Waals surface area contributed by atoms with Gasteiger partial charge in [-0.2, -0.15) is 0 Å². The van der Waals surface area contributed by atoms with Gasteiger partial charge in [-0.3, -0.25) is 9.69 Å². The van der Waals surface area contributed by atoms with Crippen molar-refractivity contribution in [2.45, 2.75) is 77.7 Å². The topological polar surface area (TPSA) is 32.3 Å². The fourth-order valence-electron chi connectivity index (χ4n) is 2.31. The van der Waals surface area contributed by atoms with Crippen molar-refractivity contribution in [1.82, 2.24) is 10.2 Å². The van der Waals surface area contributed by atoms with Crippen LogP contribution in [0, 0.1) is 0 Å². The Morgan fingerprint density at radius 3 is 2.05 bits per heavy atom. The second-order valence-electron chi connectivity index (χ2n) is 5.68. The van der Waals surface area contributed by atoms with Crippen molar-refractivity contribution in [2.75, 3.05) is 20.6 Å². The molecule has 0 spiro atoms. The van der Waals surface area contributed by atoms with E-state index in [1.165, 1.54) is 38.5 Å². The SMILES string of the molecule is CCCCCCCCCNC(=O)C(CCC)N(C)C. The zero-order valence-electron chi connectivity index (χ0n) is 13.5. The Bertz CT molecular complexity index is 217. The van der Waals surface area contributed by atoms with E-state index in [-0.39, 0.29) is 11.9 Å². The Labute approximate surface area is 120 Å². The van der Waals surface area contributed by atoms with Crippen LogP contribution in [0.4, 0.5) is 0 Å². The molecule has 0 aliphatic rings. The van der Waals surface area contributed by atoms with Crippen LogP contribution in [0.1, 0.15) is 71.6 Å². The minimum absolute atomic E-state index is 0.0366. The molecule has 0 heterocycles. The Morgan fingerprint density at radius 2 is 1.53 bits per heavy atom. The van der Waals surface area contributed by atoms with Crippen molar-refractivity contribution >= 4 is 5.91 Å². The lowest BCUT2D eigenvalue weighted by atomic mass is 10.1. The van der Waals surface area contributed by atoms with Crippen LogP contribution in [0.25, 0.3) is 0 Å². The lowest BCUT2D eigenvalue weighted by Gasteiger charge is -2.22. The largest absolute Gasteiger partial charge is 0.355 e. The average Bonchev–Trinajstić information content (AvgIpc) is 2.38. The van der Waals surface area contributed by atoms with Crippen LogP contribution < -0.4 is 5.32 Å². The van der Waals surface area contributed by atoms with E-state index >= 15 is 0 Å². The summed E-state index contributed by atoms with van der Waals surface area (Å²) in [5.41, 5.74) is 0. The monoisotopic (exact) mass is 270 g/mol. The summed E-state index contributed by atoms with van der Waals surface area (Å²) in [7, 11) is 3.96. The second kappa shape index (κ2) is 12.5. The molecule has 0 saturated carbocycles. The maximum atomic E-state index is 12.0. The molecule has 0 aromatic rings. The van der Waals surface area contributed by atoms with Crippen molar-refractivity contribution < 1.29 is 4.79 Å². The number of nitrogens with one attached hydrogen (secondary N) is 1. The number of amides is 1. The molecule has 0 fully saturated rings. The van der Waals surface area contributed by atoms with E-state index in [2.05, 4.69) is 19.2 Å². The number of likely N-dealkylation sites (N-methyl/N-ethyl adjacent to an activating group) is 1. The number of nitrogens with zero attached hydrogens (tertiary/aromatic N) is 1. The van der Waals surface area contributed by atoms with Crippen LogP contribution in [0.3, 0.4) is 0 Å². The standard InChI is InChI=1S/C16H34N2O/c1-5-7-8-9-10-11-12-14-17-16(19)15(13-6-2)18(3)4/h15H,5-14H2,1-4H3,(H,17,19). The fraction of sp³-hybridized carbons (Fsp3) is 0.938. The first-order valence-electron chi connectivity index (χ1n) is 8.07. The number of unbranched alkanes of at least 4 members (excludes halogenated alkanes) is 6. The molecule has 0 bridgehead atoms. The van der Waals surface area contributed by atoms with E-state index in [4.69, 9.17) is 0 Å². The smallest absolute Gasteiger partial charge is 0.237 e. The van der Waals surface area contributed by atoms with Gasteiger partial charge in [-0.15, -0.1) is 0 Å². The number of hydrogen-bond donors (Lipinski definition) is 1. The van der Waals surface area contributed by atoms with E-state index in [0.29, 0.717) is 0 Å². The van der Waals surface area contributed by atoms with Gasteiger partial charge in [0.05, 0.1) is 6.04 Å². The summed E-state index contributed by atoms with van der Waals surface area (Å²) in [5, 5.41) is 3.07. The Hall–Kier alpha value is -0.570. The highest BCUT2D eigenvalue weighted by Crippen LogP contribution is 2.07. The molecule has 0 rings (SSSR count). The molecule has 1 atom stereocenters. The molecule has 0 aliphatic heterocycles. The third-order valence-electron chi connectivity index (χ3n) is 3.57. The summed E-state index contributed by atoms with van der Waals surface area (Å²) in [6.45, 7) is 5.20. The summed E-state index contributed by atoms with van der Waals surface area (Å²) in [6.07, 6.45) is 11.0. The second-order valence-corrected chi connectivity index (χ2v) is 5.68. The molecule has 1 unspecified atom stereocenters. The molecule has 19 heavy (non-hydrogen) atoms. The predicted octanol–water partition coefficient (Wildman–Crippen LogP) is 3.58. The molecule has 0 aromatic heterocycles. The summed E-state index contributed by atoms with van der Waals surface area (Å²) in [5.74, 6) is 0.192. The molecule has 0 aromatic carbocycles. The minimum atomic E-state index is 0.0366. The van der Waals surface area contributed by atoms with E-state index in [1.54, 1.807) is 0 Å². The maximum absolute atomic E-state index is 12.0. The van der Waals surface area contributed by atoms with Gasteiger partial charge in [0.1, 0.15) is 0 Å². The highest BCUT2D eigenvalue weighted by atomic mass is 16.2. The Balaban J connectivity index is 3.56. The van der Waals surface area contributed by atoms with Crippen LogP contribution in [-0.2, 0) is 4.79 Å². The van der Waals surface area contributed by atoms with Gasteiger partial charge in [-0.05, 0) is 26.9 Å². The van der Waals surface area contributed by atoms with Gasteiger partial charge in [0.25, 0.3) is 0 Å². The third-order valence-corrected chi connectivity index (χ3v) is 3.57. The minimum Gasteiger partial charge on any atom is -0.355 e. The average molecular weight is 270 g/mol. The van der Waals surface area contributed by atoms with Crippen LogP contribution in [0.5, 0.6) is 0 Å². The molecule has 114 valence electrons. The third kappa shape index (κ3) is 9.94. The molecule has 0 saturated heterocycles. The number of hydrogen-bond acceptors (Lipinski definition) is 2. The molecule has 3 nitrogen and oxygen atoms in total. The lowest BCUT2D eigenvalue weighted by Crippen LogP contribution is -2.43. The van der Waals surface area contributed by atoms with Crippen molar-refractivity contribution in [3.8, 4) is 0 Å². The number of rotatable bonds is 12. The van der Waals surface area contributed by atoms with E-state index < -0.39 is 0 Å². The first-order valence-corrected chi connectivity index (χ1v) is 8.07. The number of carbonyl (C=O) groups excluding carboxylic acids is 1. The van der Waals surface area contributed by atoms with Crippen LogP contribution in [0.15, 0.2) is 0 Å². The lowest BCUT2D eigenvalue weighted by molar-refractivity contribution is -0.125. The van der Waals surface area contributed by atoms with Gasteiger partial charge in [0.2, 0.25) is 5.91 Å². The van der Waals surface area contributed by atoms with Gasteiger partial charge in [0, 0.05) is 6.54 Å². The first kappa shape index (κ1) is 18.4. The van der Waals surface area contributed by atoms with Crippen LogP contribution in [-0.4, -0.2) is 37.5 Å². The Kier molecular flexibility index (Phi) is 12.1. The van der Waals surface area contributed by atoms with Gasteiger partial charge in [-0.1, -0.05) is 58.8 Å². The zero-order valence-corrected chi connectivity index (χ0v) is 13.5. The molecule has 3 heteroatoms. The van der Waals surface area contributed by atoms with Crippen LogP contribution in [0.2, 0.25) is 0 Å². The first-order chi connectivity index (χ1) is 9.13. The van der Waals surface area contributed by atoms with Gasteiger partial charge >= 0.3 is 0 Å². The highest BCUT2D eigenvalue weighted by molar-refractivity contribution is 5.81. The fourth-order valence-corrected chi connectivity index (χ4v) is 2.31. The van der Waals surface area contributed by atoms with Gasteiger partial charge in [-0.25, -0.2) is 0 Å². The summed E-state index contributed by atoms with van der Waals surface area (Å²) >= 11 is 0. The molecular weight excluding hydrogens is 236 g/mol. The van der Waals surface area contributed by atoms with Gasteiger partial charge < -0.3 is 5.32 Å². The van der Waals surface area contributed by atoms with Crippen molar-refractivity contribution in [3.05, 3.63) is 0 Å². The molecule has 0 radical (unpaired) electrons. The molecule has 0 aliphatic carbocycles. The molecule has 1 N–H and O–H groups in total.